The lowest BCUT2D eigenvalue weighted by Gasteiger charge is -2.25. The smallest absolute Gasteiger partial charge is 0.271 e. The number of carbonyl (C=O) groups excluding carboxylic acids is 1. The monoisotopic (exact) mass is 442 g/mol. The van der Waals surface area contributed by atoms with E-state index in [0.717, 1.165) is 35.5 Å². The van der Waals surface area contributed by atoms with Gasteiger partial charge in [-0.2, -0.15) is 0 Å². The van der Waals surface area contributed by atoms with Crippen molar-refractivity contribution in [2.45, 2.75) is 23.1 Å². The van der Waals surface area contributed by atoms with Gasteiger partial charge < -0.3 is 9.64 Å². The van der Waals surface area contributed by atoms with Crippen LogP contribution in [0.5, 0.6) is 5.75 Å². The van der Waals surface area contributed by atoms with Gasteiger partial charge >= 0.3 is 0 Å². The number of likely N-dealkylation sites (tertiary alicyclic amines) is 1. The van der Waals surface area contributed by atoms with Crippen LogP contribution >= 0.6 is 11.3 Å². The lowest BCUT2D eigenvalue weighted by Crippen LogP contribution is -2.30. The van der Waals surface area contributed by atoms with E-state index in [9.17, 15) is 13.2 Å². The van der Waals surface area contributed by atoms with Crippen molar-refractivity contribution in [3.8, 4) is 5.75 Å². The minimum absolute atomic E-state index is 0.00427. The van der Waals surface area contributed by atoms with Gasteiger partial charge in [-0.1, -0.05) is 18.2 Å². The van der Waals surface area contributed by atoms with Crippen molar-refractivity contribution in [3.63, 3.8) is 0 Å². The molecule has 1 aliphatic rings. The Bertz CT molecular complexity index is 1130. The quantitative estimate of drug-likeness (QED) is 0.608. The maximum atomic E-state index is 13.1. The summed E-state index contributed by atoms with van der Waals surface area (Å²) in [5, 5.41) is 1.71. The Morgan fingerprint density at radius 2 is 1.93 bits per heavy atom. The molecule has 1 aliphatic heterocycles. The number of benzene rings is 2. The van der Waals surface area contributed by atoms with Crippen LogP contribution in [0.2, 0.25) is 0 Å². The van der Waals surface area contributed by atoms with Crippen LogP contribution in [0.4, 0.5) is 5.69 Å². The molecule has 0 saturated carbocycles. The molecule has 6 nitrogen and oxygen atoms in total. The highest BCUT2D eigenvalue weighted by atomic mass is 32.2. The predicted molar refractivity (Wildman–Crippen MR) is 118 cm³/mol. The molecule has 4 rings (SSSR count). The summed E-state index contributed by atoms with van der Waals surface area (Å²) in [5.74, 6) is 0.710. The molecule has 2 heterocycles. The molecule has 156 valence electrons. The van der Waals surface area contributed by atoms with Gasteiger partial charge in [0.15, 0.2) is 0 Å². The van der Waals surface area contributed by atoms with Crippen LogP contribution in [-0.2, 0) is 10.0 Å². The van der Waals surface area contributed by atoms with Gasteiger partial charge in [-0.3, -0.25) is 9.52 Å². The number of carbonyl (C=O) groups is 1. The molecule has 0 spiro atoms. The molecular formula is C22H22N2O4S2. The van der Waals surface area contributed by atoms with E-state index in [0.29, 0.717) is 17.8 Å². The van der Waals surface area contributed by atoms with Crippen LogP contribution in [0.15, 0.2) is 70.3 Å². The minimum Gasteiger partial charge on any atom is -0.497 e. The molecule has 0 aliphatic carbocycles. The molecule has 8 heteroatoms. The Balaban J connectivity index is 1.50. The van der Waals surface area contributed by atoms with Gasteiger partial charge in [0.2, 0.25) is 0 Å². The first-order chi connectivity index (χ1) is 14.5. The molecule has 1 aromatic heterocycles. The van der Waals surface area contributed by atoms with Crippen LogP contribution < -0.4 is 9.46 Å². The molecule has 3 aromatic rings. The number of thiophene rings is 1. The fourth-order valence-corrected chi connectivity index (χ4v) is 5.73. The zero-order valence-electron chi connectivity index (χ0n) is 16.4. The zero-order valence-corrected chi connectivity index (χ0v) is 18.1. The van der Waals surface area contributed by atoms with Crippen molar-refractivity contribution < 1.29 is 17.9 Å². The summed E-state index contributed by atoms with van der Waals surface area (Å²) in [4.78, 5) is 15.0. The first-order valence-electron chi connectivity index (χ1n) is 9.59. The largest absolute Gasteiger partial charge is 0.497 e. The van der Waals surface area contributed by atoms with Crippen LogP contribution in [0.25, 0.3) is 0 Å². The van der Waals surface area contributed by atoms with Gasteiger partial charge in [-0.25, -0.2) is 8.42 Å². The summed E-state index contributed by atoms with van der Waals surface area (Å²) in [6, 6.07) is 17.6. The van der Waals surface area contributed by atoms with Crippen molar-refractivity contribution in [1.29, 1.82) is 0 Å². The maximum absolute atomic E-state index is 13.1. The normalized spacial score (nSPS) is 16.4. The number of nitrogens with one attached hydrogen (secondary N) is 1. The van der Waals surface area contributed by atoms with E-state index in [1.807, 2.05) is 29.2 Å². The summed E-state index contributed by atoms with van der Waals surface area (Å²) in [6.45, 7) is 0.688. The Morgan fingerprint density at radius 3 is 2.63 bits per heavy atom. The second-order valence-electron chi connectivity index (χ2n) is 7.05. The highest BCUT2D eigenvalue weighted by molar-refractivity contribution is 7.94. The van der Waals surface area contributed by atoms with Crippen molar-refractivity contribution >= 4 is 33.0 Å². The van der Waals surface area contributed by atoms with E-state index in [1.54, 1.807) is 48.9 Å². The molecule has 1 fully saturated rings. The molecule has 2 aromatic carbocycles. The van der Waals surface area contributed by atoms with E-state index in [1.165, 1.54) is 0 Å². The summed E-state index contributed by atoms with van der Waals surface area (Å²) < 4.78 is 32.8. The average Bonchev–Trinajstić information content (AvgIpc) is 3.46. The van der Waals surface area contributed by atoms with Crippen molar-refractivity contribution in [1.82, 2.24) is 4.90 Å². The molecule has 1 amide bonds. The molecule has 0 radical (unpaired) electrons. The Kier molecular flexibility index (Phi) is 5.78. The number of hydrogen-bond donors (Lipinski definition) is 1. The van der Waals surface area contributed by atoms with E-state index in [4.69, 9.17) is 4.74 Å². The van der Waals surface area contributed by atoms with Crippen LogP contribution in [0.3, 0.4) is 0 Å². The number of amides is 1. The fourth-order valence-electron chi connectivity index (χ4n) is 3.67. The number of sulfonamides is 1. The Morgan fingerprint density at radius 1 is 1.13 bits per heavy atom. The van der Waals surface area contributed by atoms with Crippen molar-refractivity contribution in [2.75, 3.05) is 18.4 Å². The van der Waals surface area contributed by atoms with E-state index >= 15 is 0 Å². The predicted octanol–water partition coefficient (Wildman–Crippen LogP) is 4.53. The van der Waals surface area contributed by atoms with Gasteiger partial charge in [-0.15, -0.1) is 11.3 Å². The highest BCUT2D eigenvalue weighted by Crippen LogP contribution is 2.34. The highest BCUT2D eigenvalue weighted by Gasteiger charge is 2.30. The Labute approximate surface area is 180 Å². The molecule has 1 saturated heterocycles. The number of methoxy groups -OCH3 is 1. The van der Waals surface area contributed by atoms with E-state index in [-0.39, 0.29) is 16.2 Å². The molecule has 1 unspecified atom stereocenters. The first kappa shape index (κ1) is 20.4. The van der Waals surface area contributed by atoms with Crippen molar-refractivity contribution in [2.24, 2.45) is 0 Å². The molecule has 1 N–H and O–H groups in total. The van der Waals surface area contributed by atoms with Crippen molar-refractivity contribution in [3.05, 3.63) is 77.2 Å². The minimum atomic E-state index is -3.61. The van der Waals surface area contributed by atoms with Crippen LogP contribution in [0, 0.1) is 0 Å². The number of hydrogen-bond acceptors (Lipinski definition) is 5. The standard InChI is InChI=1S/C22H22N2O4S2/c1-28-19-6-2-5-17(15-19)20-7-3-13-24(20)22(25)16-9-11-18(12-10-16)23-30(26,27)21-8-4-14-29-21/h2,4-6,8-12,14-15,20,23H,3,7,13H2,1H3. The first-order valence-corrected chi connectivity index (χ1v) is 12.0. The number of anilines is 1. The SMILES string of the molecule is COc1cccc(C2CCCN2C(=O)c2ccc(NS(=O)(=O)c3cccs3)cc2)c1. The Hall–Kier alpha value is -2.84. The maximum Gasteiger partial charge on any atom is 0.271 e. The topological polar surface area (TPSA) is 75.7 Å². The second-order valence-corrected chi connectivity index (χ2v) is 9.91. The molecule has 30 heavy (non-hydrogen) atoms. The number of rotatable bonds is 6. The van der Waals surface area contributed by atoms with Gasteiger partial charge in [0.1, 0.15) is 9.96 Å². The summed E-state index contributed by atoms with van der Waals surface area (Å²) in [7, 11) is -1.98. The lowest BCUT2D eigenvalue weighted by molar-refractivity contribution is 0.0735. The van der Waals surface area contributed by atoms with Gasteiger partial charge in [0.05, 0.1) is 13.2 Å². The van der Waals surface area contributed by atoms with Crippen LogP contribution in [0.1, 0.15) is 34.8 Å². The molecule has 0 bridgehead atoms. The third-order valence-electron chi connectivity index (χ3n) is 5.14. The van der Waals surface area contributed by atoms with Gasteiger partial charge in [0.25, 0.3) is 15.9 Å². The molecule has 1 atom stereocenters. The summed E-state index contributed by atoms with van der Waals surface area (Å²) >= 11 is 1.15. The number of nitrogens with zero attached hydrogens (tertiary/aromatic N) is 1. The lowest BCUT2D eigenvalue weighted by atomic mass is 10.0. The van der Waals surface area contributed by atoms with E-state index < -0.39 is 10.0 Å². The average molecular weight is 443 g/mol. The third-order valence-corrected chi connectivity index (χ3v) is 7.91. The van der Waals surface area contributed by atoms with Gasteiger partial charge in [-0.05, 0) is 66.2 Å². The zero-order chi connectivity index (χ0) is 21.1. The molecular weight excluding hydrogens is 420 g/mol. The third kappa shape index (κ3) is 4.20. The fraction of sp³-hybridized carbons (Fsp3) is 0.227. The van der Waals surface area contributed by atoms with E-state index in [2.05, 4.69) is 4.72 Å². The second kappa shape index (κ2) is 8.49. The number of ether oxygens (including phenoxy) is 1. The summed E-state index contributed by atoms with van der Waals surface area (Å²) in [6.07, 6.45) is 1.84. The van der Waals surface area contributed by atoms with Gasteiger partial charge in [0, 0.05) is 17.8 Å². The summed E-state index contributed by atoms with van der Waals surface area (Å²) in [5.41, 5.74) is 2.01. The van der Waals surface area contributed by atoms with Crippen LogP contribution in [-0.4, -0.2) is 32.9 Å².